The largest absolute Gasteiger partial charge is 0.461 e. The van der Waals surface area contributed by atoms with Crippen molar-refractivity contribution in [3.63, 3.8) is 0 Å². The highest BCUT2D eigenvalue weighted by atomic mass is 32.2. The van der Waals surface area contributed by atoms with Crippen LogP contribution in [0.2, 0.25) is 0 Å². The van der Waals surface area contributed by atoms with Crippen LogP contribution < -0.4 is 0 Å². The van der Waals surface area contributed by atoms with Crippen molar-refractivity contribution >= 4 is 35.3 Å². The van der Waals surface area contributed by atoms with E-state index in [-0.39, 0.29) is 11.9 Å². The third-order valence-corrected chi connectivity index (χ3v) is 5.38. The molecule has 0 radical (unpaired) electrons. The van der Waals surface area contributed by atoms with Gasteiger partial charge in [0.25, 0.3) is 0 Å². The van der Waals surface area contributed by atoms with Crippen molar-refractivity contribution < 1.29 is 23.1 Å². The molecule has 2 atom stereocenters. The molecule has 1 fully saturated rings. The molecule has 0 aromatic carbocycles. The van der Waals surface area contributed by atoms with E-state index in [0.717, 1.165) is 5.75 Å². The molecule has 0 saturated carbocycles. The third-order valence-electron chi connectivity index (χ3n) is 2.29. The van der Waals surface area contributed by atoms with E-state index in [1.807, 2.05) is 0 Å². The number of esters is 1. The Morgan fingerprint density at radius 3 is 2.47 bits per heavy atom. The topological polar surface area (TPSA) is 43.4 Å². The van der Waals surface area contributed by atoms with E-state index in [1.54, 1.807) is 6.92 Å². The zero-order valence-electron chi connectivity index (χ0n) is 9.57. The van der Waals surface area contributed by atoms with Gasteiger partial charge in [0, 0.05) is 16.8 Å². The lowest BCUT2D eigenvalue weighted by molar-refractivity contribution is -0.176. The smallest absolute Gasteiger partial charge is 0.400 e. The molecule has 1 heterocycles. The molecule has 2 unspecified atom stereocenters. The molecule has 98 valence electrons. The fourth-order valence-corrected chi connectivity index (χ4v) is 4.16. The van der Waals surface area contributed by atoms with Crippen LogP contribution in [0.4, 0.5) is 8.78 Å². The van der Waals surface area contributed by atoms with Gasteiger partial charge in [0.1, 0.15) is 0 Å². The summed E-state index contributed by atoms with van der Waals surface area (Å²) < 4.78 is 31.2. The second-order valence-corrected chi connectivity index (χ2v) is 6.26. The minimum Gasteiger partial charge on any atom is -0.461 e. The van der Waals surface area contributed by atoms with Crippen LogP contribution in [0, 0.1) is 0 Å². The summed E-state index contributed by atoms with van der Waals surface area (Å²) in [5.41, 5.74) is 0. The summed E-state index contributed by atoms with van der Waals surface area (Å²) in [4.78, 5) is 22.7. The van der Waals surface area contributed by atoms with Gasteiger partial charge in [0.15, 0.2) is 0 Å². The summed E-state index contributed by atoms with van der Waals surface area (Å²) in [5.74, 6) is -5.63. The maximum atomic E-state index is 13.5. The van der Waals surface area contributed by atoms with Gasteiger partial charge in [0.2, 0.25) is 5.78 Å². The molecule has 1 aliphatic rings. The zero-order chi connectivity index (χ0) is 13.1. The minimum atomic E-state index is -4.03. The maximum Gasteiger partial charge on any atom is 0.400 e. The molecule has 0 aromatic heterocycles. The first-order valence-electron chi connectivity index (χ1n) is 5.23. The highest BCUT2D eigenvalue weighted by Gasteiger charge is 2.53. The minimum absolute atomic E-state index is 0.163. The van der Waals surface area contributed by atoms with Crippen molar-refractivity contribution in [3.05, 3.63) is 0 Å². The fraction of sp³-hybridized carbons (Fsp3) is 0.800. The van der Waals surface area contributed by atoms with Crippen LogP contribution in [0.25, 0.3) is 0 Å². The number of rotatable bonds is 4. The van der Waals surface area contributed by atoms with Crippen molar-refractivity contribution in [2.75, 3.05) is 18.1 Å². The Hall–Kier alpha value is -0.300. The molecule has 1 saturated heterocycles. The van der Waals surface area contributed by atoms with Crippen molar-refractivity contribution in [3.8, 4) is 0 Å². The number of carbonyl (C=O) groups excluding carboxylic acids is 2. The molecule has 1 rings (SSSR count). The van der Waals surface area contributed by atoms with E-state index in [4.69, 9.17) is 0 Å². The van der Waals surface area contributed by atoms with Gasteiger partial charge in [-0.2, -0.15) is 20.5 Å². The van der Waals surface area contributed by atoms with Crippen LogP contribution in [0.1, 0.15) is 13.8 Å². The molecule has 0 bridgehead atoms. The second kappa shape index (κ2) is 6.04. The monoisotopic (exact) mass is 284 g/mol. The number of ketones is 1. The average molecular weight is 284 g/mol. The standard InChI is InChI=1S/C10H14F2O3S2/c1-3-15-9(14)10(11,12)8(13)7-6(2)16-4-5-17-7/h6-7H,3-5H2,1-2H3. The predicted molar refractivity (Wildman–Crippen MR) is 64.8 cm³/mol. The first-order valence-corrected chi connectivity index (χ1v) is 7.33. The molecule has 1 aliphatic heterocycles. The molecule has 0 amide bonds. The van der Waals surface area contributed by atoms with Crippen LogP contribution in [-0.2, 0) is 14.3 Å². The summed E-state index contributed by atoms with van der Waals surface area (Å²) in [7, 11) is 0. The number of halogens is 2. The fourth-order valence-electron chi connectivity index (χ4n) is 1.42. The lowest BCUT2D eigenvalue weighted by Gasteiger charge is -2.28. The molecule has 3 nitrogen and oxygen atoms in total. The Balaban J connectivity index is 2.76. The van der Waals surface area contributed by atoms with Crippen molar-refractivity contribution in [2.45, 2.75) is 30.3 Å². The number of carbonyl (C=O) groups is 2. The lowest BCUT2D eigenvalue weighted by Crippen LogP contribution is -2.47. The van der Waals surface area contributed by atoms with E-state index < -0.39 is 22.9 Å². The Morgan fingerprint density at radius 2 is 1.94 bits per heavy atom. The molecule has 0 spiro atoms. The summed E-state index contributed by atoms with van der Waals surface area (Å²) in [6.45, 7) is 2.98. The first-order chi connectivity index (χ1) is 7.91. The van der Waals surface area contributed by atoms with Crippen molar-refractivity contribution in [1.29, 1.82) is 0 Å². The normalized spacial score (nSPS) is 25.4. The Kier molecular flexibility index (Phi) is 5.24. The van der Waals surface area contributed by atoms with Crippen molar-refractivity contribution in [2.24, 2.45) is 0 Å². The number of alkyl halides is 2. The van der Waals surface area contributed by atoms with E-state index >= 15 is 0 Å². The van der Waals surface area contributed by atoms with E-state index in [0.29, 0.717) is 5.75 Å². The number of Topliss-reactive ketones (excluding diaryl/α,β-unsaturated/α-hetero) is 1. The molecule has 0 N–H and O–H groups in total. The van der Waals surface area contributed by atoms with Crippen LogP contribution in [0.15, 0.2) is 0 Å². The number of hydrogen-bond acceptors (Lipinski definition) is 5. The number of ether oxygens (including phenoxy) is 1. The van der Waals surface area contributed by atoms with Gasteiger partial charge in [-0.1, -0.05) is 6.92 Å². The molecular weight excluding hydrogens is 270 g/mol. The van der Waals surface area contributed by atoms with E-state index in [2.05, 4.69) is 4.74 Å². The zero-order valence-corrected chi connectivity index (χ0v) is 11.2. The predicted octanol–water partition coefficient (Wildman–Crippen LogP) is 1.99. The maximum absolute atomic E-state index is 13.5. The molecule has 7 heteroatoms. The van der Waals surface area contributed by atoms with E-state index in [1.165, 1.54) is 30.4 Å². The molecule has 17 heavy (non-hydrogen) atoms. The Morgan fingerprint density at radius 1 is 1.35 bits per heavy atom. The van der Waals surface area contributed by atoms with Gasteiger partial charge in [0.05, 0.1) is 11.9 Å². The quantitative estimate of drug-likeness (QED) is 0.583. The molecule has 0 aromatic rings. The third kappa shape index (κ3) is 3.34. The Bertz CT molecular complexity index is 310. The summed E-state index contributed by atoms with van der Waals surface area (Å²) >= 11 is 2.65. The van der Waals surface area contributed by atoms with Crippen LogP contribution in [0.3, 0.4) is 0 Å². The van der Waals surface area contributed by atoms with Gasteiger partial charge in [-0.05, 0) is 6.92 Å². The van der Waals surface area contributed by atoms with Crippen LogP contribution in [0.5, 0.6) is 0 Å². The first kappa shape index (κ1) is 14.8. The lowest BCUT2D eigenvalue weighted by atomic mass is 10.1. The van der Waals surface area contributed by atoms with Gasteiger partial charge in [-0.25, -0.2) is 4.79 Å². The van der Waals surface area contributed by atoms with Crippen LogP contribution >= 0.6 is 23.5 Å². The Labute approximate surface area is 107 Å². The molecule has 0 aliphatic carbocycles. The highest BCUT2D eigenvalue weighted by Crippen LogP contribution is 2.35. The van der Waals surface area contributed by atoms with Gasteiger partial charge < -0.3 is 4.74 Å². The summed E-state index contributed by atoms with van der Waals surface area (Å²) in [5, 5.41) is -1.05. The summed E-state index contributed by atoms with van der Waals surface area (Å²) in [6.07, 6.45) is 0. The van der Waals surface area contributed by atoms with Gasteiger partial charge in [-0.15, -0.1) is 11.8 Å². The SMILES string of the molecule is CCOC(=O)C(F)(F)C(=O)C1SCCSC1C. The van der Waals surface area contributed by atoms with Gasteiger partial charge in [-0.3, -0.25) is 4.79 Å². The average Bonchev–Trinajstić information content (AvgIpc) is 2.29. The summed E-state index contributed by atoms with van der Waals surface area (Å²) in [6, 6.07) is 0. The van der Waals surface area contributed by atoms with Crippen molar-refractivity contribution in [1.82, 2.24) is 0 Å². The molecular formula is C10H14F2O3S2. The second-order valence-electron chi connectivity index (χ2n) is 3.53. The highest BCUT2D eigenvalue weighted by molar-refractivity contribution is 8.07. The number of thioether (sulfide) groups is 2. The van der Waals surface area contributed by atoms with E-state index in [9.17, 15) is 18.4 Å². The van der Waals surface area contributed by atoms with Crippen LogP contribution in [-0.4, -0.2) is 46.3 Å². The number of hydrogen-bond donors (Lipinski definition) is 0. The van der Waals surface area contributed by atoms with Gasteiger partial charge >= 0.3 is 11.9 Å².